The van der Waals surface area contributed by atoms with E-state index in [1.807, 2.05) is 0 Å². The number of aliphatic hydroxyl groups excluding tert-OH is 1. The summed E-state index contributed by atoms with van der Waals surface area (Å²) in [5.41, 5.74) is -0.0176. The van der Waals surface area contributed by atoms with E-state index in [0.717, 1.165) is 4.68 Å². The highest BCUT2D eigenvalue weighted by Gasteiger charge is 2.44. The van der Waals surface area contributed by atoms with E-state index >= 15 is 0 Å². The number of rotatable bonds is 8. The normalized spacial score (nSPS) is 17.7. The standard InChI is InChI=1S/C23H19ClF4N8O3/c24-13-3-1-12(2-4-13)20-33-35(22(39)34(20)9-18(37)23(26,27)28)10-19-30-11-36(32-19)17-8-29-6-5-16(17)31-21(38)14-7-15(14)25/h1-6,8,11,14-15,18,37H,7,9-10H2,(H,29,31,38)/t14-,15+,18+/m1/s1. The zero-order valence-corrected chi connectivity index (χ0v) is 20.5. The molecule has 5 rings (SSSR count). The zero-order chi connectivity index (χ0) is 27.9. The SMILES string of the molecule is O=C(Nc1ccncc1-n1cnc(Cn2nc(-c3ccc(Cl)cc3)n(C[C@H](O)C(F)(F)F)c2=O)n1)[C@@H]1C[C@@H]1F. The van der Waals surface area contributed by atoms with Gasteiger partial charge < -0.3 is 10.4 Å². The fourth-order valence-corrected chi connectivity index (χ4v) is 3.88. The van der Waals surface area contributed by atoms with Gasteiger partial charge in [0, 0.05) is 16.8 Å². The highest BCUT2D eigenvalue weighted by atomic mass is 35.5. The fourth-order valence-electron chi connectivity index (χ4n) is 3.75. The van der Waals surface area contributed by atoms with Crippen molar-refractivity contribution in [2.75, 3.05) is 5.32 Å². The number of aromatic nitrogens is 7. The summed E-state index contributed by atoms with van der Waals surface area (Å²) in [6.45, 7) is -1.41. The lowest BCUT2D eigenvalue weighted by Gasteiger charge is -2.15. The van der Waals surface area contributed by atoms with Crippen LogP contribution in [0.3, 0.4) is 0 Å². The van der Waals surface area contributed by atoms with E-state index in [0.29, 0.717) is 26.5 Å². The number of carbonyl (C=O) groups is 1. The summed E-state index contributed by atoms with van der Waals surface area (Å²) in [5.74, 6) is -1.26. The number of nitrogens with zero attached hydrogens (tertiary/aromatic N) is 7. The Kier molecular flexibility index (Phi) is 6.94. The molecule has 3 heterocycles. The number of nitrogens with one attached hydrogen (secondary N) is 1. The van der Waals surface area contributed by atoms with Crippen LogP contribution in [0.5, 0.6) is 0 Å². The van der Waals surface area contributed by atoms with E-state index in [9.17, 15) is 32.3 Å². The van der Waals surface area contributed by atoms with Gasteiger partial charge in [-0.15, -0.1) is 10.2 Å². The number of hydrogen-bond acceptors (Lipinski definition) is 7. The quantitative estimate of drug-likeness (QED) is 0.313. The van der Waals surface area contributed by atoms with Gasteiger partial charge in [-0.3, -0.25) is 14.3 Å². The molecule has 204 valence electrons. The Hall–Kier alpha value is -4.11. The van der Waals surface area contributed by atoms with Gasteiger partial charge in [0.05, 0.1) is 24.3 Å². The third kappa shape index (κ3) is 5.68. The van der Waals surface area contributed by atoms with Gasteiger partial charge in [0.25, 0.3) is 0 Å². The molecule has 1 fully saturated rings. The van der Waals surface area contributed by atoms with Gasteiger partial charge in [0.15, 0.2) is 17.8 Å². The lowest BCUT2D eigenvalue weighted by molar-refractivity contribution is -0.207. The minimum absolute atomic E-state index is 0.0629. The molecule has 11 nitrogen and oxygen atoms in total. The van der Waals surface area contributed by atoms with Crippen LogP contribution in [0.25, 0.3) is 17.1 Å². The summed E-state index contributed by atoms with van der Waals surface area (Å²) in [4.78, 5) is 33.4. The summed E-state index contributed by atoms with van der Waals surface area (Å²) in [5, 5.41) is 21.0. The number of amides is 1. The Morgan fingerprint density at radius 1 is 1.21 bits per heavy atom. The van der Waals surface area contributed by atoms with Crippen LogP contribution in [0.15, 0.2) is 53.8 Å². The zero-order valence-electron chi connectivity index (χ0n) is 19.8. The van der Waals surface area contributed by atoms with Gasteiger partial charge in [-0.2, -0.15) is 13.2 Å². The van der Waals surface area contributed by atoms with Gasteiger partial charge in [-0.1, -0.05) is 11.6 Å². The number of alkyl halides is 4. The molecule has 1 aliphatic carbocycles. The predicted octanol–water partition coefficient (Wildman–Crippen LogP) is 2.61. The fraction of sp³-hybridized carbons (Fsp3) is 0.304. The van der Waals surface area contributed by atoms with Crippen molar-refractivity contribution >= 4 is 23.2 Å². The van der Waals surface area contributed by atoms with Crippen molar-refractivity contribution in [2.24, 2.45) is 5.92 Å². The molecule has 0 bridgehead atoms. The largest absolute Gasteiger partial charge is 0.416 e. The maximum Gasteiger partial charge on any atom is 0.416 e. The first kappa shape index (κ1) is 26.5. The minimum Gasteiger partial charge on any atom is -0.382 e. The first-order chi connectivity index (χ1) is 18.5. The van der Waals surface area contributed by atoms with Crippen LogP contribution in [-0.2, 0) is 17.9 Å². The molecule has 4 aromatic rings. The Balaban J connectivity index is 1.43. The maximum atomic E-state index is 13.3. The second kappa shape index (κ2) is 10.2. The predicted molar refractivity (Wildman–Crippen MR) is 129 cm³/mol. The van der Waals surface area contributed by atoms with Crippen LogP contribution in [-0.4, -0.2) is 63.6 Å². The summed E-state index contributed by atoms with van der Waals surface area (Å²) >= 11 is 5.90. The lowest BCUT2D eigenvalue weighted by Crippen LogP contribution is -2.37. The minimum atomic E-state index is -4.96. The van der Waals surface area contributed by atoms with Crippen molar-refractivity contribution in [3.63, 3.8) is 0 Å². The number of hydrogen-bond donors (Lipinski definition) is 2. The molecule has 1 aliphatic rings. The van der Waals surface area contributed by atoms with Crippen molar-refractivity contribution in [2.45, 2.75) is 38.0 Å². The topological polar surface area (TPSA) is 133 Å². The molecule has 16 heteroatoms. The molecule has 1 saturated carbocycles. The van der Waals surface area contributed by atoms with Crippen LogP contribution in [0.1, 0.15) is 12.2 Å². The smallest absolute Gasteiger partial charge is 0.382 e. The van der Waals surface area contributed by atoms with Crippen LogP contribution in [0, 0.1) is 5.92 Å². The molecule has 0 unspecified atom stereocenters. The van der Waals surface area contributed by atoms with Crippen molar-refractivity contribution in [1.82, 2.24) is 34.1 Å². The Morgan fingerprint density at radius 3 is 2.59 bits per heavy atom. The van der Waals surface area contributed by atoms with Gasteiger partial charge in [-0.25, -0.2) is 23.5 Å². The van der Waals surface area contributed by atoms with E-state index < -0.39 is 42.5 Å². The second-order valence-corrected chi connectivity index (χ2v) is 9.22. The molecule has 0 saturated heterocycles. The van der Waals surface area contributed by atoms with Crippen LogP contribution in [0.4, 0.5) is 23.2 Å². The van der Waals surface area contributed by atoms with Crippen LogP contribution in [0.2, 0.25) is 5.02 Å². The monoisotopic (exact) mass is 566 g/mol. The third-order valence-corrected chi connectivity index (χ3v) is 6.20. The number of benzene rings is 1. The number of aliphatic hydroxyl groups is 1. The Morgan fingerprint density at radius 2 is 1.92 bits per heavy atom. The highest BCUT2D eigenvalue weighted by molar-refractivity contribution is 6.30. The molecular weight excluding hydrogens is 548 g/mol. The number of carbonyl (C=O) groups excluding carboxylic acids is 1. The first-order valence-corrected chi connectivity index (χ1v) is 11.9. The lowest BCUT2D eigenvalue weighted by atomic mass is 10.2. The maximum absolute atomic E-state index is 13.3. The molecule has 3 aromatic heterocycles. The van der Waals surface area contributed by atoms with Crippen LogP contribution < -0.4 is 11.0 Å². The van der Waals surface area contributed by atoms with Crippen molar-refractivity contribution in [3.8, 4) is 17.1 Å². The highest BCUT2D eigenvalue weighted by Crippen LogP contribution is 2.35. The molecule has 2 N–H and O–H groups in total. The van der Waals surface area contributed by atoms with E-state index in [1.54, 1.807) is 0 Å². The number of pyridine rings is 1. The molecular formula is C23H19ClF4N8O3. The average molecular weight is 567 g/mol. The van der Waals surface area contributed by atoms with E-state index in [4.69, 9.17) is 11.6 Å². The second-order valence-electron chi connectivity index (χ2n) is 8.78. The van der Waals surface area contributed by atoms with Gasteiger partial charge in [-0.05, 0) is 36.8 Å². The van der Waals surface area contributed by atoms with Gasteiger partial charge >= 0.3 is 11.9 Å². The van der Waals surface area contributed by atoms with Crippen molar-refractivity contribution in [3.05, 3.63) is 70.4 Å². The van der Waals surface area contributed by atoms with Gasteiger partial charge in [0.2, 0.25) is 5.91 Å². The van der Waals surface area contributed by atoms with E-state index in [2.05, 4.69) is 25.5 Å². The third-order valence-electron chi connectivity index (χ3n) is 5.94. The molecule has 0 radical (unpaired) electrons. The molecule has 39 heavy (non-hydrogen) atoms. The molecule has 3 atom stereocenters. The van der Waals surface area contributed by atoms with E-state index in [-0.39, 0.29) is 24.6 Å². The molecule has 0 spiro atoms. The van der Waals surface area contributed by atoms with Crippen molar-refractivity contribution in [1.29, 1.82) is 0 Å². The molecule has 1 aromatic carbocycles. The Bertz CT molecular complexity index is 1570. The van der Waals surface area contributed by atoms with E-state index in [1.165, 1.54) is 53.7 Å². The summed E-state index contributed by atoms with van der Waals surface area (Å²) < 4.78 is 55.3. The number of halogens is 5. The molecule has 0 aliphatic heterocycles. The molecule has 1 amide bonds. The number of anilines is 1. The first-order valence-electron chi connectivity index (χ1n) is 11.5. The average Bonchev–Trinajstić information content (AvgIpc) is 3.32. The summed E-state index contributed by atoms with van der Waals surface area (Å²) in [7, 11) is 0. The van der Waals surface area contributed by atoms with Gasteiger partial charge in [0.1, 0.15) is 24.7 Å². The van der Waals surface area contributed by atoms with Crippen LogP contribution >= 0.6 is 11.6 Å². The summed E-state index contributed by atoms with van der Waals surface area (Å²) in [6.07, 6.45) is -4.69. The summed E-state index contributed by atoms with van der Waals surface area (Å²) in [6, 6.07) is 7.41. The Labute approximate surface area is 221 Å². The van der Waals surface area contributed by atoms with Crippen molar-refractivity contribution < 1.29 is 27.5 Å².